The van der Waals surface area contributed by atoms with Gasteiger partial charge in [-0.1, -0.05) is 0 Å². The van der Waals surface area contributed by atoms with E-state index in [1.807, 2.05) is 6.92 Å². The number of nitrogens with one attached hydrogen (secondary N) is 2. The number of aromatic nitrogens is 2. The predicted molar refractivity (Wildman–Crippen MR) is 60.9 cm³/mol. The molecule has 0 atom stereocenters. The molecule has 0 fully saturated rings. The van der Waals surface area contributed by atoms with Crippen molar-refractivity contribution in [2.24, 2.45) is 0 Å². The Hall–Kier alpha value is -2.24. The summed E-state index contributed by atoms with van der Waals surface area (Å²) in [5, 5.41) is 9.07. The highest BCUT2D eigenvalue weighted by molar-refractivity contribution is 5.94. The van der Waals surface area contributed by atoms with E-state index in [1.165, 1.54) is 0 Å². The van der Waals surface area contributed by atoms with E-state index in [-0.39, 0.29) is 12.1 Å². The second kappa shape index (κ2) is 4.95. The first kappa shape index (κ1) is 12.2. The van der Waals surface area contributed by atoms with Gasteiger partial charge in [0.1, 0.15) is 11.6 Å². The van der Waals surface area contributed by atoms with Crippen molar-refractivity contribution in [2.75, 3.05) is 0 Å². The zero-order valence-corrected chi connectivity index (χ0v) is 9.63. The number of benzene rings is 1. The molecule has 18 heavy (non-hydrogen) atoms. The second-order valence-corrected chi connectivity index (χ2v) is 3.83. The van der Waals surface area contributed by atoms with Gasteiger partial charge in [0, 0.05) is 23.9 Å². The summed E-state index contributed by atoms with van der Waals surface area (Å²) in [7, 11) is 0. The summed E-state index contributed by atoms with van der Waals surface area (Å²) < 4.78 is 26.0. The number of halogens is 2. The first-order valence-electron chi connectivity index (χ1n) is 5.30. The summed E-state index contributed by atoms with van der Waals surface area (Å²) in [5.74, 6) is -2.18. The fraction of sp³-hybridized carbons (Fsp3) is 0.167. The highest BCUT2D eigenvalue weighted by Crippen LogP contribution is 2.10. The third-order valence-corrected chi connectivity index (χ3v) is 2.55. The Morgan fingerprint density at radius 3 is 2.83 bits per heavy atom. The Balaban J connectivity index is 2.06. The summed E-state index contributed by atoms with van der Waals surface area (Å²) in [6, 6.07) is 2.83. The van der Waals surface area contributed by atoms with Crippen LogP contribution in [0.4, 0.5) is 8.78 Å². The lowest BCUT2D eigenvalue weighted by atomic mass is 10.2. The quantitative estimate of drug-likeness (QED) is 0.875. The summed E-state index contributed by atoms with van der Waals surface area (Å²) in [4.78, 5) is 11.7. The molecule has 0 saturated carbocycles. The maximum atomic E-state index is 13.3. The number of hydrogen-bond donors (Lipinski definition) is 2. The SMILES string of the molecule is Cc1[nH]ncc1CNC(=O)c1ccc(F)cc1F. The minimum Gasteiger partial charge on any atom is -0.348 e. The maximum absolute atomic E-state index is 13.3. The molecule has 2 rings (SSSR count). The first-order chi connectivity index (χ1) is 8.58. The molecular weight excluding hydrogens is 240 g/mol. The third kappa shape index (κ3) is 2.53. The van der Waals surface area contributed by atoms with Crippen molar-refractivity contribution in [3.05, 3.63) is 52.9 Å². The zero-order valence-electron chi connectivity index (χ0n) is 9.63. The Labute approximate surface area is 102 Å². The third-order valence-electron chi connectivity index (χ3n) is 2.55. The number of rotatable bonds is 3. The standard InChI is InChI=1S/C12H11F2N3O/c1-7-8(6-16-17-7)5-15-12(18)10-3-2-9(13)4-11(10)14/h2-4,6H,5H2,1H3,(H,15,18)(H,16,17). The van der Waals surface area contributed by atoms with Crippen LogP contribution in [0.5, 0.6) is 0 Å². The lowest BCUT2D eigenvalue weighted by molar-refractivity contribution is 0.0947. The van der Waals surface area contributed by atoms with Crippen molar-refractivity contribution in [1.82, 2.24) is 15.5 Å². The average Bonchev–Trinajstić information content (AvgIpc) is 2.72. The molecule has 2 aromatic rings. The molecule has 1 aromatic carbocycles. The maximum Gasteiger partial charge on any atom is 0.254 e. The van der Waals surface area contributed by atoms with Crippen LogP contribution >= 0.6 is 0 Å². The monoisotopic (exact) mass is 251 g/mol. The molecule has 4 nitrogen and oxygen atoms in total. The molecule has 0 saturated heterocycles. The first-order valence-corrected chi connectivity index (χ1v) is 5.30. The van der Waals surface area contributed by atoms with E-state index in [0.717, 1.165) is 23.4 Å². The number of amides is 1. The largest absolute Gasteiger partial charge is 0.348 e. The van der Waals surface area contributed by atoms with Gasteiger partial charge in [-0.3, -0.25) is 9.89 Å². The van der Waals surface area contributed by atoms with Crippen LogP contribution in [0.3, 0.4) is 0 Å². The van der Waals surface area contributed by atoms with Crippen LogP contribution in [0.25, 0.3) is 0 Å². The van der Waals surface area contributed by atoms with Gasteiger partial charge in [-0.15, -0.1) is 0 Å². The van der Waals surface area contributed by atoms with Gasteiger partial charge in [-0.25, -0.2) is 8.78 Å². The smallest absolute Gasteiger partial charge is 0.254 e. The van der Waals surface area contributed by atoms with Crippen LogP contribution in [0.2, 0.25) is 0 Å². The van der Waals surface area contributed by atoms with Crippen molar-refractivity contribution in [1.29, 1.82) is 0 Å². The highest BCUT2D eigenvalue weighted by atomic mass is 19.1. The van der Waals surface area contributed by atoms with E-state index in [2.05, 4.69) is 15.5 Å². The van der Waals surface area contributed by atoms with Gasteiger partial charge in [-0.05, 0) is 19.1 Å². The van der Waals surface area contributed by atoms with Crippen LogP contribution in [0.15, 0.2) is 24.4 Å². The normalized spacial score (nSPS) is 10.4. The molecule has 94 valence electrons. The molecule has 6 heteroatoms. The number of carbonyl (C=O) groups excluding carboxylic acids is 1. The van der Waals surface area contributed by atoms with Gasteiger partial charge >= 0.3 is 0 Å². The van der Waals surface area contributed by atoms with Crippen LogP contribution in [-0.4, -0.2) is 16.1 Å². The molecule has 1 aromatic heterocycles. The zero-order chi connectivity index (χ0) is 13.1. The molecule has 0 aliphatic rings. The summed E-state index contributed by atoms with van der Waals surface area (Å²) in [6.45, 7) is 2.05. The van der Waals surface area contributed by atoms with Crippen LogP contribution in [-0.2, 0) is 6.54 Å². The van der Waals surface area contributed by atoms with Gasteiger partial charge in [0.15, 0.2) is 0 Å². The van der Waals surface area contributed by atoms with Crippen LogP contribution < -0.4 is 5.32 Å². The van der Waals surface area contributed by atoms with Crippen molar-refractivity contribution >= 4 is 5.91 Å². The number of hydrogen-bond acceptors (Lipinski definition) is 2. The van der Waals surface area contributed by atoms with E-state index >= 15 is 0 Å². The molecule has 0 radical (unpaired) electrons. The van der Waals surface area contributed by atoms with E-state index in [4.69, 9.17) is 0 Å². The lowest BCUT2D eigenvalue weighted by Crippen LogP contribution is -2.24. The van der Waals surface area contributed by atoms with Gasteiger partial charge in [0.2, 0.25) is 0 Å². The fourth-order valence-electron chi connectivity index (χ4n) is 1.50. The molecule has 0 unspecified atom stereocenters. The van der Waals surface area contributed by atoms with E-state index < -0.39 is 17.5 Å². The van der Waals surface area contributed by atoms with Gasteiger partial charge in [0.05, 0.1) is 11.8 Å². The number of aryl methyl sites for hydroxylation is 1. The molecule has 0 spiro atoms. The second-order valence-electron chi connectivity index (χ2n) is 3.83. The van der Waals surface area contributed by atoms with Crippen molar-refractivity contribution in [3.8, 4) is 0 Å². The molecule has 1 amide bonds. The van der Waals surface area contributed by atoms with E-state index in [1.54, 1.807) is 6.20 Å². The molecule has 2 N–H and O–H groups in total. The molecular formula is C12H11F2N3O. The van der Waals surface area contributed by atoms with E-state index in [0.29, 0.717) is 6.07 Å². The molecule has 0 aliphatic heterocycles. The molecule has 0 bridgehead atoms. The van der Waals surface area contributed by atoms with Gasteiger partial charge in [-0.2, -0.15) is 5.10 Å². The summed E-state index contributed by atoms with van der Waals surface area (Å²) >= 11 is 0. The summed E-state index contributed by atoms with van der Waals surface area (Å²) in [6.07, 6.45) is 1.58. The van der Waals surface area contributed by atoms with Crippen molar-refractivity contribution < 1.29 is 13.6 Å². The highest BCUT2D eigenvalue weighted by Gasteiger charge is 2.12. The number of aromatic amines is 1. The molecule has 1 heterocycles. The minimum atomic E-state index is -0.878. The Kier molecular flexibility index (Phi) is 3.36. The topological polar surface area (TPSA) is 57.8 Å². The van der Waals surface area contributed by atoms with Gasteiger partial charge < -0.3 is 5.32 Å². The molecule has 0 aliphatic carbocycles. The number of carbonyl (C=O) groups is 1. The minimum absolute atomic E-state index is 0.183. The Morgan fingerprint density at radius 2 is 2.22 bits per heavy atom. The number of H-pyrrole nitrogens is 1. The van der Waals surface area contributed by atoms with Gasteiger partial charge in [0.25, 0.3) is 5.91 Å². The average molecular weight is 251 g/mol. The van der Waals surface area contributed by atoms with E-state index in [9.17, 15) is 13.6 Å². The van der Waals surface area contributed by atoms with Crippen molar-refractivity contribution in [3.63, 3.8) is 0 Å². The van der Waals surface area contributed by atoms with Crippen molar-refractivity contribution in [2.45, 2.75) is 13.5 Å². The number of nitrogens with zero attached hydrogens (tertiary/aromatic N) is 1. The fourth-order valence-corrected chi connectivity index (χ4v) is 1.50. The van der Waals surface area contributed by atoms with Crippen LogP contribution in [0, 0.1) is 18.6 Å². The predicted octanol–water partition coefficient (Wildman–Crippen LogP) is 1.93. The summed E-state index contributed by atoms with van der Waals surface area (Å²) in [5.41, 5.74) is 1.46. The Bertz CT molecular complexity index is 580. The Morgan fingerprint density at radius 1 is 1.44 bits per heavy atom. The lowest BCUT2D eigenvalue weighted by Gasteiger charge is -2.05. The van der Waals surface area contributed by atoms with Crippen LogP contribution in [0.1, 0.15) is 21.6 Å².